The van der Waals surface area contributed by atoms with E-state index < -0.39 is 17.7 Å². The molecule has 6 rings (SSSR count). The predicted molar refractivity (Wildman–Crippen MR) is 149 cm³/mol. The summed E-state index contributed by atoms with van der Waals surface area (Å²) in [4.78, 5) is 37.1. The number of carbonyl (C=O) groups is 2. The maximum Gasteiger partial charge on any atom is 0.295 e. The van der Waals surface area contributed by atoms with Gasteiger partial charge < -0.3 is 14.7 Å². The molecule has 1 N–H and O–H groups in total. The Hall–Kier alpha value is -5.24. The van der Waals surface area contributed by atoms with Crippen molar-refractivity contribution in [1.82, 2.24) is 19.3 Å². The lowest BCUT2D eigenvalue weighted by Crippen LogP contribution is -2.29. The molecule has 1 unspecified atom stereocenters. The van der Waals surface area contributed by atoms with E-state index in [4.69, 9.17) is 4.74 Å². The second-order valence-electron chi connectivity index (χ2n) is 9.61. The second-order valence-corrected chi connectivity index (χ2v) is 9.61. The number of imidazole rings is 1. The number of nitrogens with zero attached hydrogens (tertiary/aromatic N) is 4. The van der Waals surface area contributed by atoms with Crippen LogP contribution in [0.4, 0.5) is 0 Å². The van der Waals surface area contributed by atoms with Crippen LogP contribution in [0.25, 0.3) is 11.4 Å². The van der Waals surface area contributed by atoms with Crippen LogP contribution in [0, 0.1) is 6.92 Å². The topological polar surface area (TPSA) is 97.0 Å². The van der Waals surface area contributed by atoms with Crippen molar-refractivity contribution in [3.63, 3.8) is 0 Å². The van der Waals surface area contributed by atoms with Gasteiger partial charge in [0.25, 0.3) is 11.7 Å². The SMILES string of the molecule is Cc1nc2ccccn2c1C(O)=C1C(=O)C(=O)N(Cc2cccnc2)C1c1ccc(OCc2ccccc2)cc1. The molecule has 1 fully saturated rings. The first-order chi connectivity index (χ1) is 19.5. The van der Waals surface area contributed by atoms with Crippen molar-refractivity contribution in [2.75, 3.05) is 0 Å². The van der Waals surface area contributed by atoms with Gasteiger partial charge in [0.1, 0.15) is 23.7 Å². The number of ketones is 1. The molecule has 1 aliphatic heterocycles. The molecule has 1 saturated heterocycles. The molecule has 8 nitrogen and oxygen atoms in total. The van der Waals surface area contributed by atoms with Crippen LogP contribution < -0.4 is 4.74 Å². The third-order valence-electron chi connectivity index (χ3n) is 6.99. The summed E-state index contributed by atoms with van der Waals surface area (Å²) < 4.78 is 7.66. The number of aromatic nitrogens is 3. The molecule has 40 heavy (non-hydrogen) atoms. The quantitative estimate of drug-likeness (QED) is 0.176. The molecule has 0 bridgehead atoms. The maximum absolute atomic E-state index is 13.5. The van der Waals surface area contributed by atoms with Gasteiger partial charge in [-0.05, 0) is 53.9 Å². The molecule has 8 heteroatoms. The number of aliphatic hydroxyl groups excluding tert-OH is 1. The Bertz CT molecular complexity index is 1730. The minimum atomic E-state index is -0.822. The van der Waals surface area contributed by atoms with E-state index in [0.717, 1.165) is 11.1 Å². The number of Topliss-reactive ketones (excluding diaryl/α,β-unsaturated/α-hetero) is 1. The van der Waals surface area contributed by atoms with Crippen LogP contribution in [0.2, 0.25) is 0 Å². The monoisotopic (exact) mass is 530 g/mol. The molecule has 198 valence electrons. The van der Waals surface area contributed by atoms with Crippen LogP contribution in [0.3, 0.4) is 0 Å². The van der Waals surface area contributed by atoms with Gasteiger partial charge in [-0.2, -0.15) is 0 Å². The Morgan fingerprint density at radius 3 is 2.42 bits per heavy atom. The van der Waals surface area contributed by atoms with Gasteiger partial charge in [-0.25, -0.2) is 4.98 Å². The van der Waals surface area contributed by atoms with Gasteiger partial charge in [-0.15, -0.1) is 0 Å². The van der Waals surface area contributed by atoms with Gasteiger partial charge in [0.15, 0.2) is 5.76 Å². The molecule has 2 aromatic carbocycles. The number of hydrogen-bond donors (Lipinski definition) is 1. The summed E-state index contributed by atoms with van der Waals surface area (Å²) in [6, 6.07) is 25.4. The van der Waals surface area contributed by atoms with Crippen molar-refractivity contribution in [3.05, 3.63) is 137 Å². The molecule has 0 aliphatic carbocycles. The van der Waals surface area contributed by atoms with E-state index >= 15 is 0 Å². The maximum atomic E-state index is 13.5. The molecular formula is C32H26N4O4. The highest BCUT2D eigenvalue weighted by Crippen LogP contribution is 2.41. The summed E-state index contributed by atoms with van der Waals surface area (Å²) in [6.45, 7) is 2.33. The average Bonchev–Trinajstić information content (AvgIpc) is 3.45. The number of aliphatic hydroxyl groups is 1. The summed E-state index contributed by atoms with van der Waals surface area (Å²) in [5, 5.41) is 11.6. The first kappa shape index (κ1) is 25.1. The lowest BCUT2D eigenvalue weighted by atomic mass is 9.96. The van der Waals surface area contributed by atoms with Crippen LogP contribution in [0.15, 0.2) is 109 Å². The zero-order chi connectivity index (χ0) is 27.6. The lowest BCUT2D eigenvalue weighted by Gasteiger charge is -2.25. The first-order valence-electron chi connectivity index (χ1n) is 12.9. The van der Waals surface area contributed by atoms with Gasteiger partial charge in [-0.1, -0.05) is 54.6 Å². The molecular weight excluding hydrogens is 504 g/mol. The fourth-order valence-corrected chi connectivity index (χ4v) is 5.09. The fraction of sp³-hybridized carbons (Fsp3) is 0.125. The smallest absolute Gasteiger partial charge is 0.295 e. The summed E-state index contributed by atoms with van der Waals surface area (Å²) >= 11 is 0. The molecule has 1 aliphatic rings. The Morgan fingerprint density at radius 1 is 0.925 bits per heavy atom. The van der Waals surface area contributed by atoms with Gasteiger partial charge in [0.05, 0.1) is 17.3 Å². The Morgan fingerprint density at radius 2 is 1.68 bits per heavy atom. The first-order valence-corrected chi connectivity index (χ1v) is 12.9. The number of pyridine rings is 2. The Balaban J connectivity index is 1.42. The number of amides is 1. The molecule has 3 aromatic heterocycles. The number of ether oxygens (including phenoxy) is 1. The highest BCUT2D eigenvalue weighted by Gasteiger charge is 2.46. The van der Waals surface area contributed by atoms with Crippen molar-refractivity contribution in [1.29, 1.82) is 0 Å². The molecule has 5 aromatic rings. The molecule has 4 heterocycles. The van der Waals surface area contributed by atoms with Crippen LogP contribution in [0.5, 0.6) is 5.75 Å². The lowest BCUT2D eigenvalue weighted by molar-refractivity contribution is -0.140. The zero-order valence-electron chi connectivity index (χ0n) is 21.8. The van der Waals surface area contributed by atoms with Crippen molar-refractivity contribution in [3.8, 4) is 5.75 Å². The van der Waals surface area contributed by atoms with E-state index in [1.807, 2.05) is 78.9 Å². The van der Waals surface area contributed by atoms with Crippen LogP contribution in [0.1, 0.15) is 34.1 Å². The number of carbonyl (C=O) groups excluding carboxylic acids is 2. The van der Waals surface area contributed by atoms with E-state index in [2.05, 4.69) is 9.97 Å². The van der Waals surface area contributed by atoms with Crippen molar-refractivity contribution in [2.45, 2.75) is 26.1 Å². The highest BCUT2D eigenvalue weighted by atomic mass is 16.5. The molecule has 0 spiro atoms. The van der Waals surface area contributed by atoms with Crippen LogP contribution in [-0.2, 0) is 22.7 Å². The Labute approximate surface area is 230 Å². The van der Waals surface area contributed by atoms with Gasteiger partial charge in [0, 0.05) is 25.1 Å². The van der Waals surface area contributed by atoms with E-state index in [-0.39, 0.29) is 17.9 Å². The minimum absolute atomic E-state index is 0.0144. The van der Waals surface area contributed by atoms with Crippen molar-refractivity contribution < 1.29 is 19.4 Å². The largest absolute Gasteiger partial charge is 0.505 e. The van der Waals surface area contributed by atoms with Crippen molar-refractivity contribution >= 4 is 23.1 Å². The number of rotatable bonds is 7. The summed E-state index contributed by atoms with van der Waals surface area (Å²) in [5.74, 6) is -1.06. The third kappa shape index (κ3) is 4.60. The predicted octanol–water partition coefficient (Wildman–Crippen LogP) is 5.24. The van der Waals surface area contributed by atoms with E-state index in [1.54, 1.807) is 36.0 Å². The molecule has 1 atom stereocenters. The number of hydrogen-bond acceptors (Lipinski definition) is 6. The minimum Gasteiger partial charge on any atom is -0.505 e. The van der Waals surface area contributed by atoms with Crippen molar-refractivity contribution in [2.24, 2.45) is 0 Å². The van der Waals surface area contributed by atoms with Gasteiger partial charge in [-0.3, -0.25) is 19.0 Å². The summed E-state index contributed by atoms with van der Waals surface area (Å²) in [7, 11) is 0. The van der Waals surface area contributed by atoms with Crippen LogP contribution in [-0.4, -0.2) is 36.1 Å². The third-order valence-corrected chi connectivity index (χ3v) is 6.99. The zero-order valence-corrected chi connectivity index (χ0v) is 21.8. The molecule has 1 amide bonds. The highest BCUT2D eigenvalue weighted by molar-refractivity contribution is 6.46. The van der Waals surface area contributed by atoms with E-state index in [1.165, 1.54) is 4.90 Å². The van der Waals surface area contributed by atoms with Crippen LogP contribution >= 0.6 is 0 Å². The normalized spacial score (nSPS) is 16.5. The van der Waals surface area contributed by atoms with E-state index in [0.29, 0.717) is 35.0 Å². The molecule has 0 saturated carbocycles. The standard InChI is InChI=1S/C32H26N4O4/c1-21-28(35-17-6-5-11-26(35)34-21)30(37)27-29(36(32(39)31(27)38)19-23-10-7-16-33-18-23)24-12-14-25(15-13-24)40-20-22-8-3-2-4-9-22/h2-18,29,37H,19-20H2,1H3. The van der Waals surface area contributed by atoms with Gasteiger partial charge >= 0.3 is 0 Å². The summed E-state index contributed by atoms with van der Waals surface area (Å²) in [5.41, 5.74) is 4.04. The fourth-order valence-electron chi connectivity index (χ4n) is 5.09. The number of likely N-dealkylation sites (tertiary alicyclic amines) is 1. The summed E-state index contributed by atoms with van der Waals surface area (Å²) in [6.07, 6.45) is 5.08. The van der Waals surface area contributed by atoms with E-state index in [9.17, 15) is 14.7 Å². The average molecular weight is 531 g/mol. The number of aryl methyl sites for hydroxylation is 1. The van der Waals surface area contributed by atoms with Gasteiger partial charge in [0.2, 0.25) is 0 Å². The molecule has 0 radical (unpaired) electrons. The Kier molecular flexibility index (Phi) is 6.57. The second kappa shape index (κ2) is 10.5. The number of benzene rings is 2. The number of fused-ring (bicyclic) bond motifs is 1.